The van der Waals surface area contributed by atoms with Crippen LogP contribution in [0.1, 0.15) is 12.8 Å². The van der Waals surface area contributed by atoms with Crippen molar-refractivity contribution in [3.8, 4) is 0 Å². The van der Waals surface area contributed by atoms with Gasteiger partial charge in [0.1, 0.15) is 6.04 Å². The SMILES string of the molecule is O=C(C[C@H]1NC(=O)N(c2cc(F)c(F)c(F)c2)C1=O)NCCCN1CCOCC1. The highest BCUT2D eigenvalue weighted by Gasteiger charge is 2.40. The number of ether oxygens (including phenoxy) is 1. The normalized spacial score (nSPS) is 20.1. The molecule has 2 aliphatic heterocycles. The molecular formula is C18H21F3N4O4. The average Bonchev–Trinajstić information content (AvgIpc) is 2.97. The molecule has 0 unspecified atom stereocenters. The topological polar surface area (TPSA) is 91.0 Å². The van der Waals surface area contributed by atoms with Gasteiger partial charge >= 0.3 is 6.03 Å². The number of amides is 4. The Kier molecular flexibility index (Phi) is 6.70. The fourth-order valence-corrected chi connectivity index (χ4v) is 3.20. The lowest BCUT2D eigenvalue weighted by atomic mass is 10.2. The minimum Gasteiger partial charge on any atom is -0.379 e. The summed E-state index contributed by atoms with van der Waals surface area (Å²) in [6.07, 6.45) is 0.405. The summed E-state index contributed by atoms with van der Waals surface area (Å²) in [5.74, 6) is -6.04. The van der Waals surface area contributed by atoms with Crippen molar-refractivity contribution in [3.05, 3.63) is 29.6 Å². The highest BCUT2D eigenvalue weighted by molar-refractivity contribution is 6.22. The first-order chi connectivity index (χ1) is 13.9. The summed E-state index contributed by atoms with van der Waals surface area (Å²) in [7, 11) is 0. The van der Waals surface area contributed by atoms with E-state index in [-0.39, 0.29) is 6.42 Å². The van der Waals surface area contributed by atoms with Crippen LogP contribution in [0.3, 0.4) is 0 Å². The molecular weight excluding hydrogens is 393 g/mol. The fraction of sp³-hybridized carbons (Fsp3) is 0.500. The van der Waals surface area contributed by atoms with Gasteiger partial charge in [0, 0.05) is 31.8 Å². The molecule has 0 saturated carbocycles. The largest absolute Gasteiger partial charge is 0.379 e. The van der Waals surface area contributed by atoms with Crippen molar-refractivity contribution in [2.75, 3.05) is 44.3 Å². The minimum atomic E-state index is -1.70. The number of halogens is 3. The van der Waals surface area contributed by atoms with Gasteiger partial charge in [-0.1, -0.05) is 0 Å². The molecule has 8 nitrogen and oxygen atoms in total. The summed E-state index contributed by atoms with van der Waals surface area (Å²) in [6, 6.07) is -1.02. The maximum Gasteiger partial charge on any atom is 0.329 e. The molecule has 2 N–H and O–H groups in total. The number of nitrogens with one attached hydrogen (secondary N) is 2. The molecule has 29 heavy (non-hydrogen) atoms. The molecule has 2 heterocycles. The van der Waals surface area contributed by atoms with Crippen LogP contribution in [0, 0.1) is 17.5 Å². The molecule has 11 heteroatoms. The van der Waals surface area contributed by atoms with E-state index >= 15 is 0 Å². The first-order valence-electron chi connectivity index (χ1n) is 9.22. The molecule has 2 fully saturated rings. The van der Waals surface area contributed by atoms with Gasteiger partial charge in [-0.05, 0) is 13.0 Å². The Labute approximate surface area is 165 Å². The van der Waals surface area contributed by atoms with E-state index in [1.165, 1.54) is 0 Å². The standard InChI is InChI=1S/C18H21F3N4O4/c19-12-8-11(9-13(20)16(12)21)25-17(27)14(23-18(25)28)10-15(26)22-2-1-3-24-4-6-29-7-5-24/h8-9,14H,1-7,10H2,(H,22,26)(H,23,28)/t14-/m1/s1. The van der Waals surface area contributed by atoms with Crippen molar-refractivity contribution >= 4 is 23.5 Å². The number of carbonyl (C=O) groups is 3. The second-order valence-electron chi connectivity index (χ2n) is 6.76. The Hall–Kier alpha value is -2.66. The molecule has 0 bridgehead atoms. The molecule has 1 aromatic carbocycles. The van der Waals surface area contributed by atoms with Crippen molar-refractivity contribution in [1.29, 1.82) is 0 Å². The van der Waals surface area contributed by atoms with Gasteiger partial charge in [-0.2, -0.15) is 0 Å². The predicted molar refractivity (Wildman–Crippen MR) is 95.6 cm³/mol. The first-order valence-corrected chi connectivity index (χ1v) is 9.22. The van der Waals surface area contributed by atoms with Gasteiger partial charge < -0.3 is 15.4 Å². The van der Waals surface area contributed by atoms with Gasteiger partial charge in [0.05, 0.1) is 25.3 Å². The Morgan fingerprint density at radius 3 is 2.48 bits per heavy atom. The highest BCUT2D eigenvalue weighted by Crippen LogP contribution is 2.24. The van der Waals surface area contributed by atoms with Gasteiger partial charge in [-0.25, -0.2) is 22.9 Å². The molecule has 1 atom stereocenters. The Morgan fingerprint density at radius 1 is 1.17 bits per heavy atom. The number of hydrogen-bond acceptors (Lipinski definition) is 5. The monoisotopic (exact) mass is 414 g/mol. The molecule has 2 saturated heterocycles. The van der Waals surface area contributed by atoms with E-state index in [4.69, 9.17) is 4.74 Å². The van der Waals surface area contributed by atoms with Gasteiger partial charge in [-0.3, -0.25) is 14.5 Å². The summed E-state index contributed by atoms with van der Waals surface area (Å²) in [4.78, 5) is 39.2. The Morgan fingerprint density at radius 2 is 1.83 bits per heavy atom. The Bertz CT molecular complexity index is 778. The van der Waals surface area contributed by atoms with Crippen molar-refractivity contribution < 1.29 is 32.3 Å². The number of benzene rings is 1. The number of hydrogen-bond donors (Lipinski definition) is 2. The molecule has 2 aliphatic rings. The van der Waals surface area contributed by atoms with Crippen LogP contribution in [0.15, 0.2) is 12.1 Å². The fourth-order valence-electron chi connectivity index (χ4n) is 3.20. The molecule has 4 amide bonds. The first kappa shape index (κ1) is 21.1. The van der Waals surface area contributed by atoms with E-state index in [0.717, 1.165) is 26.1 Å². The van der Waals surface area contributed by atoms with Gasteiger partial charge in [0.2, 0.25) is 5.91 Å². The lowest BCUT2D eigenvalue weighted by Gasteiger charge is -2.26. The molecule has 158 valence electrons. The van der Waals surface area contributed by atoms with E-state index in [1.54, 1.807) is 0 Å². The number of nitrogens with zero attached hydrogens (tertiary/aromatic N) is 2. The van der Waals surface area contributed by atoms with Crippen molar-refractivity contribution in [1.82, 2.24) is 15.5 Å². The maximum atomic E-state index is 13.4. The smallest absolute Gasteiger partial charge is 0.329 e. The zero-order chi connectivity index (χ0) is 21.0. The van der Waals surface area contributed by atoms with Crippen LogP contribution in [-0.2, 0) is 14.3 Å². The Balaban J connectivity index is 1.49. The van der Waals surface area contributed by atoms with E-state index in [9.17, 15) is 27.6 Å². The predicted octanol–water partition coefficient (Wildman–Crippen LogP) is 0.757. The third-order valence-electron chi connectivity index (χ3n) is 4.71. The lowest BCUT2D eigenvalue weighted by molar-refractivity contribution is -0.125. The summed E-state index contributed by atoms with van der Waals surface area (Å²) in [6.45, 7) is 4.28. The second-order valence-corrected chi connectivity index (χ2v) is 6.76. The van der Waals surface area contributed by atoms with Crippen LogP contribution < -0.4 is 15.5 Å². The maximum absolute atomic E-state index is 13.4. The number of carbonyl (C=O) groups excluding carboxylic acids is 3. The zero-order valence-corrected chi connectivity index (χ0v) is 15.6. The summed E-state index contributed by atoms with van der Waals surface area (Å²) in [5, 5.41) is 4.97. The molecule has 0 radical (unpaired) electrons. The van der Waals surface area contributed by atoms with Crippen LogP contribution in [0.2, 0.25) is 0 Å². The van der Waals surface area contributed by atoms with Crippen LogP contribution in [0.5, 0.6) is 0 Å². The number of rotatable bonds is 7. The lowest BCUT2D eigenvalue weighted by Crippen LogP contribution is -2.39. The van der Waals surface area contributed by atoms with Gasteiger partial charge in [0.25, 0.3) is 5.91 Å². The minimum absolute atomic E-state index is 0.315. The van der Waals surface area contributed by atoms with Gasteiger partial charge in [-0.15, -0.1) is 0 Å². The van der Waals surface area contributed by atoms with E-state index in [2.05, 4.69) is 15.5 Å². The van der Waals surface area contributed by atoms with Crippen molar-refractivity contribution in [2.24, 2.45) is 0 Å². The van der Waals surface area contributed by atoms with Crippen molar-refractivity contribution in [3.63, 3.8) is 0 Å². The van der Waals surface area contributed by atoms with Gasteiger partial charge in [0.15, 0.2) is 17.5 Å². The number of imide groups is 1. The van der Waals surface area contributed by atoms with E-state index in [1.807, 2.05) is 0 Å². The zero-order valence-electron chi connectivity index (χ0n) is 15.6. The van der Waals surface area contributed by atoms with Crippen LogP contribution in [0.25, 0.3) is 0 Å². The summed E-state index contributed by atoms with van der Waals surface area (Å²) < 4.78 is 45.2. The highest BCUT2D eigenvalue weighted by atomic mass is 19.2. The molecule has 3 rings (SSSR count). The number of anilines is 1. The van der Waals surface area contributed by atoms with Crippen LogP contribution in [-0.4, -0.2) is 68.2 Å². The average molecular weight is 414 g/mol. The second kappa shape index (κ2) is 9.23. The third-order valence-corrected chi connectivity index (χ3v) is 4.71. The third kappa shape index (κ3) is 5.04. The molecule has 1 aromatic rings. The van der Waals surface area contributed by atoms with E-state index in [0.29, 0.717) is 36.8 Å². The van der Waals surface area contributed by atoms with E-state index < -0.39 is 47.0 Å². The number of urea groups is 1. The summed E-state index contributed by atoms with van der Waals surface area (Å²) >= 11 is 0. The van der Waals surface area contributed by atoms with Crippen LogP contribution >= 0.6 is 0 Å². The molecule has 0 aliphatic carbocycles. The molecule has 0 aromatic heterocycles. The quantitative estimate of drug-likeness (QED) is 0.391. The molecule has 0 spiro atoms. The van der Waals surface area contributed by atoms with Crippen LogP contribution in [0.4, 0.5) is 23.7 Å². The number of morpholine rings is 1. The summed E-state index contributed by atoms with van der Waals surface area (Å²) in [5.41, 5.74) is -0.447. The van der Waals surface area contributed by atoms with Crippen molar-refractivity contribution in [2.45, 2.75) is 18.9 Å².